The molecular formula is C15H15F2N3O. The highest BCUT2D eigenvalue weighted by Crippen LogP contribution is 2.12. The molecule has 0 aliphatic heterocycles. The van der Waals surface area contributed by atoms with Crippen molar-refractivity contribution in [3.8, 4) is 0 Å². The van der Waals surface area contributed by atoms with Gasteiger partial charge in [0.25, 0.3) is 0 Å². The number of hydrogen-bond acceptors (Lipinski definition) is 3. The molecule has 6 heteroatoms. The molecule has 0 aliphatic rings. The predicted octanol–water partition coefficient (Wildman–Crippen LogP) is 2.35. The topological polar surface area (TPSA) is 70.6 Å². The molecule has 2 aromatic carbocycles. The summed E-state index contributed by atoms with van der Waals surface area (Å²) in [5.74, 6) is -0.890. The fourth-order valence-electron chi connectivity index (χ4n) is 1.94. The Balaban J connectivity index is 2.04. The van der Waals surface area contributed by atoms with E-state index in [1.807, 2.05) is 0 Å². The van der Waals surface area contributed by atoms with E-state index in [4.69, 9.17) is 10.9 Å². The first kappa shape index (κ1) is 14.9. The van der Waals surface area contributed by atoms with E-state index < -0.39 is 5.82 Å². The van der Waals surface area contributed by atoms with Gasteiger partial charge < -0.3 is 16.3 Å². The molecule has 0 spiro atoms. The smallest absolute Gasteiger partial charge is 0.170 e. The highest BCUT2D eigenvalue weighted by atomic mass is 19.1. The van der Waals surface area contributed by atoms with Crippen molar-refractivity contribution >= 4 is 5.84 Å². The lowest BCUT2D eigenvalue weighted by Gasteiger charge is -2.10. The minimum atomic E-state index is -0.459. The van der Waals surface area contributed by atoms with Crippen LogP contribution >= 0.6 is 0 Å². The number of benzene rings is 2. The second-order valence-corrected chi connectivity index (χ2v) is 4.52. The third kappa shape index (κ3) is 4.00. The van der Waals surface area contributed by atoms with Crippen molar-refractivity contribution in [2.75, 3.05) is 0 Å². The maximum Gasteiger partial charge on any atom is 0.170 e. The molecule has 2 aromatic rings. The van der Waals surface area contributed by atoms with Gasteiger partial charge in [-0.25, -0.2) is 8.78 Å². The molecule has 0 heterocycles. The van der Waals surface area contributed by atoms with Gasteiger partial charge in [-0.15, -0.1) is 0 Å². The predicted molar refractivity (Wildman–Crippen MR) is 75.9 cm³/mol. The first-order chi connectivity index (χ1) is 10.1. The van der Waals surface area contributed by atoms with Crippen LogP contribution < -0.4 is 11.1 Å². The molecule has 0 saturated carbocycles. The highest BCUT2D eigenvalue weighted by molar-refractivity contribution is 5.98. The Labute approximate surface area is 120 Å². The SMILES string of the molecule is NC(=NO)c1cc(F)ccc1CNCc1ccc(F)cc1. The molecule has 0 fully saturated rings. The lowest BCUT2D eigenvalue weighted by atomic mass is 10.1. The summed E-state index contributed by atoms with van der Waals surface area (Å²) in [5, 5.41) is 14.8. The monoisotopic (exact) mass is 291 g/mol. The third-order valence-corrected chi connectivity index (χ3v) is 3.01. The molecule has 0 bridgehead atoms. The number of nitrogens with two attached hydrogens (primary N) is 1. The van der Waals surface area contributed by atoms with Gasteiger partial charge in [-0.3, -0.25) is 0 Å². The van der Waals surface area contributed by atoms with Crippen molar-refractivity contribution in [2.24, 2.45) is 10.9 Å². The lowest BCUT2D eigenvalue weighted by molar-refractivity contribution is 0.318. The lowest BCUT2D eigenvalue weighted by Crippen LogP contribution is -2.20. The first-order valence-electron chi connectivity index (χ1n) is 6.31. The van der Waals surface area contributed by atoms with E-state index in [9.17, 15) is 8.78 Å². The number of hydrogen-bond donors (Lipinski definition) is 3. The molecule has 21 heavy (non-hydrogen) atoms. The number of oxime groups is 1. The molecule has 110 valence electrons. The molecule has 0 aromatic heterocycles. The van der Waals surface area contributed by atoms with Gasteiger partial charge in [0.2, 0.25) is 0 Å². The molecule has 0 aliphatic carbocycles. The van der Waals surface area contributed by atoms with Gasteiger partial charge in [-0.05, 0) is 35.4 Å². The summed E-state index contributed by atoms with van der Waals surface area (Å²) in [6.07, 6.45) is 0. The second kappa shape index (κ2) is 6.81. The van der Waals surface area contributed by atoms with E-state index in [1.54, 1.807) is 18.2 Å². The summed E-state index contributed by atoms with van der Waals surface area (Å²) < 4.78 is 26.0. The number of amidine groups is 1. The Morgan fingerprint density at radius 3 is 2.38 bits per heavy atom. The van der Waals surface area contributed by atoms with Crippen LogP contribution in [0.15, 0.2) is 47.6 Å². The molecular weight excluding hydrogens is 276 g/mol. The zero-order valence-electron chi connectivity index (χ0n) is 11.2. The van der Waals surface area contributed by atoms with Gasteiger partial charge >= 0.3 is 0 Å². The van der Waals surface area contributed by atoms with Crippen LogP contribution in [0, 0.1) is 11.6 Å². The number of nitrogens with zero attached hydrogens (tertiary/aromatic N) is 1. The number of halogens is 2. The Kier molecular flexibility index (Phi) is 4.84. The van der Waals surface area contributed by atoms with E-state index >= 15 is 0 Å². The largest absolute Gasteiger partial charge is 0.409 e. The maximum absolute atomic E-state index is 13.2. The van der Waals surface area contributed by atoms with Gasteiger partial charge in [0.05, 0.1) is 0 Å². The van der Waals surface area contributed by atoms with Crippen molar-refractivity contribution in [3.63, 3.8) is 0 Å². The minimum Gasteiger partial charge on any atom is -0.409 e. The summed E-state index contributed by atoms with van der Waals surface area (Å²) in [6, 6.07) is 10.2. The minimum absolute atomic E-state index is 0.145. The molecule has 0 amide bonds. The molecule has 2 rings (SSSR count). The van der Waals surface area contributed by atoms with Crippen LogP contribution in [-0.4, -0.2) is 11.0 Å². The Morgan fingerprint density at radius 1 is 1.05 bits per heavy atom. The Bertz CT molecular complexity index is 642. The third-order valence-electron chi connectivity index (χ3n) is 3.01. The fourth-order valence-corrected chi connectivity index (χ4v) is 1.94. The van der Waals surface area contributed by atoms with Gasteiger partial charge in [0.1, 0.15) is 11.6 Å². The summed E-state index contributed by atoms with van der Waals surface area (Å²) in [4.78, 5) is 0. The quantitative estimate of drug-likeness (QED) is 0.343. The van der Waals surface area contributed by atoms with Crippen LogP contribution in [-0.2, 0) is 13.1 Å². The second-order valence-electron chi connectivity index (χ2n) is 4.52. The van der Waals surface area contributed by atoms with E-state index in [-0.39, 0.29) is 11.7 Å². The van der Waals surface area contributed by atoms with Gasteiger partial charge in [-0.1, -0.05) is 23.4 Å². The molecule has 4 nitrogen and oxygen atoms in total. The number of nitrogens with one attached hydrogen (secondary N) is 1. The standard InChI is InChI=1S/C15H15F2N3O/c16-12-4-1-10(2-5-12)8-19-9-11-3-6-13(17)7-14(11)15(18)20-21/h1-7,19,21H,8-9H2,(H2,18,20). The van der Waals surface area contributed by atoms with E-state index in [1.165, 1.54) is 24.3 Å². The molecule has 0 radical (unpaired) electrons. The Morgan fingerprint density at radius 2 is 1.71 bits per heavy atom. The molecule has 0 unspecified atom stereocenters. The van der Waals surface area contributed by atoms with Gasteiger partial charge in [-0.2, -0.15) is 0 Å². The van der Waals surface area contributed by atoms with Crippen LogP contribution in [0.3, 0.4) is 0 Å². The zero-order valence-corrected chi connectivity index (χ0v) is 11.2. The number of rotatable bonds is 5. The van der Waals surface area contributed by atoms with E-state index in [2.05, 4.69) is 10.5 Å². The zero-order chi connectivity index (χ0) is 15.2. The van der Waals surface area contributed by atoms with Crippen molar-refractivity contribution in [3.05, 3.63) is 70.8 Å². The van der Waals surface area contributed by atoms with Crippen LogP contribution in [0.25, 0.3) is 0 Å². The van der Waals surface area contributed by atoms with Crippen LogP contribution in [0.2, 0.25) is 0 Å². The summed E-state index contributed by atoms with van der Waals surface area (Å²) in [7, 11) is 0. The van der Waals surface area contributed by atoms with Crippen molar-refractivity contribution in [2.45, 2.75) is 13.1 Å². The summed E-state index contributed by atoms with van der Waals surface area (Å²) in [6.45, 7) is 0.927. The Hall–Kier alpha value is -2.47. The molecule has 0 atom stereocenters. The van der Waals surface area contributed by atoms with Crippen molar-refractivity contribution in [1.29, 1.82) is 0 Å². The van der Waals surface area contributed by atoms with E-state index in [0.29, 0.717) is 24.2 Å². The summed E-state index contributed by atoms with van der Waals surface area (Å²) >= 11 is 0. The van der Waals surface area contributed by atoms with Gasteiger partial charge in [0.15, 0.2) is 5.84 Å². The first-order valence-corrected chi connectivity index (χ1v) is 6.31. The summed E-state index contributed by atoms with van der Waals surface area (Å²) in [5.41, 5.74) is 7.49. The van der Waals surface area contributed by atoms with Crippen molar-refractivity contribution < 1.29 is 14.0 Å². The van der Waals surface area contributed by atoms with Crippen LogP contribution in [0.5, 0.6) is 0 Å². The van der Waals surface area contributed by atoms with Crippen LogP contribution in [0.1, 0.15) is 16.7 Å². The average molecular weight is 291 g/mol. The van der Waals surface area contributed by atoms with E-state index in [0.717, 1.165) is 5.56 Å². The average Bonchev–Trinajstić information content (AvgIpc) is 2.50. The van der Waals surface area contributed by atoms with Crippen molar-refractivity contribution in [1.82, 2.24) is 5.32 Å². The highest BCUT2D eigenvalue weighted by Gasteiger charge is 2.08. The van der Waals surface area contributed by atoms with Crippen LogP contribution in [0.4, 0.5) is 8.78 Å². The molecule has 0 saturated heterocycles. The fraction of sp³-hybridized carbons (Fsp3) is 0.133. The normalized spacial score (nSPS) is 11.6. The molecule has 4 N–H and O–H groups in total. The van der Waals surface area contributed by atoms with Gasteiger partial charge in [0, 0.05) is 18.7 Å². The maximum atomic E-state index is 13.2.